The van der Waals surface area contributed by atoms with Crippen molar-refractivity contribution in [1.82, 2.24) is 0 Å². The number of rotatable bonds is 3. The van der Waals surface area contributed by atoms with Crippen molar-refractivity contribution in [2.45, 2.75) is 12.3 Å². The fourth-order valence-corrected chi connectivity index (χ4v) is 3.76. The van der Waals surface area contributed by atoms with Crippen LogP contribution in [0.5, 0.6) is 0 Å². The van der Waals surface area contributed by atoms with Gasteiger partial charge in [-0.2, -0.15) is 0 Å². The number of Topliss-reactive ketones (excluding diaryl/α,β-unsaturated/α-hetero) is 1. The molecule has 3 heteroatoms. The van der Waals surface area contributed by atoms with Crippen molar-refractivity contribution in [1.29, 1.82) is 0 Å². The highest BCUT2D eigenvalue weighted by atomic mass is 79.9. The molecular weight excluding hydrogens is 296 g/mol. The van der Waals surface area contributed by atoms with Crippen LogP contribution in [0.2, 0.25) is 0 Å². The van der Waals surface area contributed by atoms with E-state index >= 15 is 0 Å². The van der Waals surface area contributed by atoms with Gasteiger partial charge < -0.3 is 0 Å². The highest BCUT2D eigenvalue weighted by Gasteiger charge is 2.44. The van der Waals surface area contributed by atoms with Gasteiger partial charge in [0.05, 0.1) is 4.88 Å². The summed E-state index contributed by atoms with van der Waals surface area (Å²) in [6.45, 7) is 0. The fraction of sp³-hybridized carbons (Fsp3) is 0.214. The smallest absolute Gasteiger partial charge is 0.177 e. The van der Waals surface area contributed by atoms with Crippen LogP contribution in [0.15, 0.2) is 46.3 Å². The molecule has 2 unspecified atom stereocenters. The standard InChI is InChI=1S/C14H11BrOS/c15-12-6-7-17-14(12)13(16)11-8-10(11)9-4-2-1-3-5-9/h1-7,10-11H,8H2. The van der Waals surface area contributed by atoms with Crippen LogP contribution >= 0.6 is 27.3 Å². The highest BCUT2D eigenvalue weighted by Crippen LogP contribution is 2.50. The Kier molecular flexibility index (Phi) is 2.89. The van der Waals surface area contributed by atoms with Gasteiger partial charge in [0.15, 0.2) is 5.78 Å². The van der Waals surface area contributed by atoms with Crippen molar-refractivity contribution in [3.05, 3.63) is 56.7 Å². The maximum Gasteiger partial charge on any atom is 0.177 e. The van der Waals surface area contributed by atoms with Gasteiger partial charge in [-0.15, -0.1) is 11.3 Å². The molecule has 1 fully saturated rings. The van der Waals surface area contributed by atoms with Gasteiger partial charge in [-0.3, -0.25) is 4.79 Å². The zero-order valence-electron chi connectivity index (χ0n) is 9.10. The van der Waals surface area contributed by atoms with Crippen molar-refractivity contribution in [3.8, 4) is 0 Å². The molecule has 2 atom stereocenters. The Bertz CT molecular complexity index is 546. The maximum absolute atomic E-state index is 12.3. The van der Waals surface area contributed by atoms with E-state index in [1.807, 2.05) is 29.6 Å². The molecule has 0 bridgehead atoms. The van der Waals surface area contributed by atoms with Gasteiger partial charge in [-0.05, 0) is 45.3 Å². The molecule has 0 aliphatic heterocycles. The Morgan fingerprint density at radius 1 is 1.24 bits per heavy atom. The molecule has 3 rings (SSSR count). The van der Waals surface area contributed by atoms with E-state index in [1.54, 1.807) is 0 Å². The van der Waals surface area contributed by atoms with E-state index in [4.69, 9.17) is 0 Å². The Labute approximate surface area is 113 Å². The molecule has 1 saturated carbocycles. The molecule has 1 nitrogen and oxygen atoms in total. The predicted molar refractivity (Wildman–Crippen MR) is 73.6 cm³/mol. The number of hydrogen-bond donors (Lipinski definition) is 0. The van der Waals surface area contributed by atoms with Gasteiger partial charge >= 0.3 is 0 Å². The summed E-state index contributed by atoms with van der Waals surface area (Å²) in [6.07, 6.45) is 0.993. The third-order valence-corrected chi connectivity index (χ3v) is 5.05. The first kappa shape index (κ1) is 11.2. The topological polar surface area (TPSA) is 17.1 Å². The van der Waals surface area contributed by atoms with Gasteiger partial charge in [0.25, 0.3) is 0 Å². The lowest BCUT2D eigenvalue weighted by Crippen LogP contribution is -2.01. The summed E-state index contributed by atoms with van der Waals surface area (Å²) in [7, 11) is 0. The van der Waals surface area contributed by atoms with Crippen molar-refractivity contribution in [2.75, 3.05) is 0 Å². The van der Waals surface area contributed by atoms with Crippen molar-refractivity contribution < 1.29 is 4.79 Å². The molecule has 0 spiro atoms. The average Bonchev–Trinajstić information content (AvgIpc) is 3.05. The van der Waals surface area contributed by atoms with Gasteiger partial charge in [0, 0.05) is 10.4 Å². The van der Waals surface area contributed by atoms with Crippen molar-refractivity contribution in [2.24, 2.45) is 5.92 Å². The zero-order chi connectivity index (χ0) is 11.8. The minimum Gasteiger partial charge on any atom is -0.293 e. The summed E-state index contributed by atoms with van der Waals surface area (Å²) in [6, 6.07) is 12.3. The Hall–Kier alpha value is -0.930. The average molecular weight is 307 g/mol. The lowest BCUT2D eigenvalue weighted by molar-refractivity contribution is 0.0968. The first-order chi connectivity index (χ1) is 8.27. The third kappa shape index (κ3) is 2.09. The quantitative estimate of drug-likeness (QED) is 0.763. The van der Waals surface area contributed by atoms with E-state index < -0.39 is 0 Å². The third-order valence-electron chi connectivity index (χ3n) is 3.20. The molecule has 86 valence electrons. The van der Waals surface area contributed by atoms with E-state index in [9.17, 15) is 4.79 Å². The first-order valence-corrected chi connectivity index (χ1v) is 7.27. The summed E-state index contributed by atoms with van der Waals surface area (Å²) in [4.78, 5) is 13.1. The van der Waals surface area contributed by atoms with E-state index in [-0.39, 0.29) is 5.92 Å². The number of carbonyl (C=O) groups excluding carboxylic acids is 1. The van der Waals surface area contributed by atoms with Crippen molar-refractivity contribution >= 4 is 33.0 Å². The number of ketones is 1. The molecule has 0 N–H and O–H groups in total. The summed E-state index contributed by atoms with van der Waals surface area (Å²) in [5, 5.41) is 1.96. The second-order valence-electron chi connectivity index (χ2n) is 4.32. The monoisotopic (exact) mass is 306 g/mol. The highest BCUT2D eigenvalue weighted by molar-refractivity contribution is 9.10. The van der Waals surface area contributed by atoms with Crippen LogP contribution in [0.25, 0.3) is 0 Å². The molecule has 0 radical (unpaired) electrons. The summed E-state index contributed by atoms with van der Waals surface area (Å²) in [5.41, 5.74) is 1.29. The molecule has 1 aromatic carbocycles. The Morgan fingerprint density at radius 3 is 2.65 bits per heavy atom. The number of hydrogen-bond acceptors (Lipinski definition) is 2. The minimum atomic E-state index is 0.187. The van der Waals surface area contributed by atoms with Crippen molar-refractivity contribution in [3.63, 3.8) is 0 Å². The van der Waals surface area contributed by atoms with Crippen LogP contribution in [0.1, 0.15) is 27.6 Å². The van der Waals surface area contributed by atoms with Crippen LogP contribution in [0, 0.1) is 5.92 Å². The summed E-state index contributed by atoms with van der Waals surface area (Å²) < 4.78 is 0.936. The van der Waals surface area contributed by atoms with Crippen LogP contribution in [-0.4, -0.2) is 5.78 Å². The van der Waals surface area contributed by atoms with E-state index in [0.29, 0.717) is 11.7 Å². The van der Waals surface area contributed by atoms with Gasteiger partial charge in [0.2, 0.25) is 0 Å². The molecule has 1 heterocycles. The van der Waals surface area contributed by atoms with E-state index in [0.717, 1.165) is 15.8 Å². The number of thiophene rings is 1. The van der Waals surface area contributed by atoms with E-state index in [2.05, 4.69) is 28.1 Å². The van der Waals surface area contributed by atoms with Crippen LogP contribution in [0.3, 0.4) is 0 Å². The van der Waals surface area contributed by atoms with Gasteiger partial charge in [-0.1, -0.05) is 30.3 Å². The number of benzene rings is 1. The Morgan fingerprint density at radius 2 is 2.00 bits per heavy atom. The fourth-order valence-electron chi connectivity index (χ4n) is 2.19. The van der Waals surface area contributed by atoms with Gasteiger partial charge in [0.1, 0.15) is 0 Å². The SMILES string of the molecule is O=C(c1sccc1Br)C1CC1c1ccccc1. The Balaban J connectivity index is 1.78. The zero-order valence-corrected chi connectivity index (χ0v) is 11.5. The first-order valence-electron chi connectivity index (χ1n) is 5.59. The molecule has 17 heavy (non-hydrogen) atoms. The molecule has 1 aliphatic carbocycles. The summed E-state index contributed by atoms with van der Waals surface area (Å²) >= 11 is 4.96. The molecular formula is C14H11BrOS. The largest absolute Gasteiger partial charge is 0.293 e. The lowest BCUT2D eigenvalue weighted by atomic mass is 10.1. The van der Waals surface area contributed by atoms with E-state index in [1.165, 1.54) is 16.9 Å². The molecule has 1 aliphatic rings. The van der Waals surface area contributed by atoms with Gasteiger partial charge in [-0.25, -0.2) is 0 Å². The second-order valence-corrected chi connectivity index (χ2v) is 6.09. The second kappa shape index (κ2) is 4.39. The summed E-state index contributed by atoms with van der Waals surface area (Å²) in [5.74, 6) is 0.908. The molecule has 1 aromatic heterocycles. The molecule has 2 aromatic rings. The van der Waals surface area contributed by atoms with Crippen LogP contribution in [0.4, 0.5) is 0 Å². The molecule has 0 saturated heterocycles. The number of carbonyl (C=O) groups is 1. The predicted octanol–water partition coefficient (Wildman–Crippen LogP) is 4.50. The normalized spacial score (nSPS) is 22.4. The lowest BCUT2D eigenvalue weighted by Gasteiger charge is -1.99. The maximum atomic E-state index is 12.3. The minimum absolute atomic E-state index is 0.187. The van der Waals surface area contributed by atoms with Crippen LogP contribution < -0.4 is 0 Å². The molecule has 0 amide bonds. The van der Waals surface area contributed by atoms with Crippen LogP contribution in [-0.2, 0) is 0 Å². The number of halogens is 1.